The Morgan fingerprint density at radius 3 is 2.44 bits per heavy atom. The zero-order valence-corrected chi connectivity index (χ0v) is 14.2. The average Bonchev–Trinajstić information content (AvgIpc) is 2.62. The van der Waals surface area contributed by atoms with Gasteiger partial charge in [-0.05, 0) is 24.6 Å². The molecule has 0 saturated heterocycles. The smallest absolute Gasteiger partial charge is 0.264 e. The predicted molar refractivity (Wildman–Crippen MR) is 97.6 cm³/mol. The molecule has 3 aromatic rings. The lowest BCUT2D eigenvalue weighted by Crippen LogP contribution is -2.32. The standard InChI is InChI=1S/C19H16ClN3O2/c1-12(13-7-9-15(20)10-8-13)22-18(24)16-11-21-17(23-19(16)25)14-5-3-2-4-6-14/h2-12H,1H3,(H,22,24)(H,21,23,25)/t12-/m0/s1. The summed E-state index contributed by atoms with van der Waals surface area (Å²) >= 11 is 5.86. The van der Waals surface area contributed by atoms with Crippen molar-refractivity contribution in [2.45, 2.75) is 13.0 Å². The van der Waals surface area contributed by atoms with Gasteiger partial charge in [-0.1, -0.05) is 54.1 Å². The van der Waals surface area contributed by atoms with Crippen molar-refractivity contribution in [3.8, 4) is 11.4 Å². The van der Waals surface area contributed by atoms with Crippen molar-refractivity contribution < 1.29 is 4.79 Å². The van der Waals surface area contributed by atoms with Gasteiger partial charge in [0.2, 0.25) is 0 Å². The van der Waals surface area contributed by atoms with E-state index in [0.717, 1.165) is 11.1 Å². The highest BCUT2D eigenvalue weighted by molar-refractivity contribution is 6.30. The van der Waals surface area contributed by atoms with Crippen LogP contribution in [0.15, 0.2) is 65.6 Å². The van der Waals surface area contributed by atoms with Crippen molar-refractivity contribution in [1.82, 2.24) is 15.3 Å². The highest BCUT2D eigenvalue weighted by atomic mass is 35.5. The molecule has 3 rings (SSSR count). The largest absolute Gasteiger partial charge is 0.345 e. The third-order valence-corrected chi connectivity index (χ3v) is 4.06. The first-order valence-electron chi connectivity index (χ1n) is 7.75. The minimum Gasteiger partial charge on any atom is -0.345 e. The van der Waals surface area contributed by atoms with Gasteiger partial charge in [-0.3, -0.25) is 9.59 Å². The van der Waals surface area contributed by atoms with E-state index in [9.17, 15) is 9.59 Å². The van der Waals surface area contributed by atoms with Crippen LogP contribution in [0.3, 0.4) is 0 Å². The molecule has 2 aromatic carbocycles. The van der Waals surface area contributed by atoms with Crippen LogP contribution in [-0.2, 0) is 0 Å². The lowest BCUT2D eigenvalue weighted by molar-refractivity contribution is 0.0938. The summed E-state index contributed by atoms with van der Waals surface area (Å²) < 4.78 is 0. The van der Waals surface area contributed by atoms with Gasteiger partial charge < -0.3 is 10.3 Å². The van der Waals surface area contributed by atoms with E-state index in [0.29, 0.717) is 10.8 Å². The molecule has 0 aliphatic carbocycles. The number of nitrogens with zero attached hydrogens (tertiary/aromatic N) is 1. The number of hydrogen-bond acceptors (Lipinski definition) is 3. The van der Waals surface area contributed by atoms with Crippen LogP contribution >= 0.6 is 11.6 Å². The van der Waals surface area contributed by atoms with Crippen molar-refractivity contribution in [1.29, 1.82) is 0 Å². The second-order valence-corrected chi connectivity index (χ2v) is 6.02. The number of halogens is 1. The Hall–Kier alpha value is -2.92. The first-order chi connectivity index (χ1) is 12.0. The molecular weight excluding hydrogens is 338 g/mol. The van der Waals surface area contributed by atoms with Crippen LogP contribution < -0.4 is 10.9 Å². The number of aromatic amines is 1. The van der Waals surface area contributed by atoms with Crippen LogP contribution in [0.5, 0.6) is 0 Å². The average molecular weight is 354 g/mol. The third kappa shape index (κ3) is 3.95. The molecule has 0 bridgehead atoms. The summed E-state index contributed by atoms with van der Waals surface area (Å²) in [5.41, 5.74) is 1.17. The molecule has 25 heavy (non-hydrogen) atoms. The van der Waals surface area contributed by atoms with E-state index in [4.69, 9.17) is 11.6 Å². The molecule has 0 unspecified atom stereocenters. The first-order valence-corrected chi connectivity index (χ1v) is 8.13. The van der Waals surface area contributed by atoms with Gasteiger partial charge in [-0.25, -0.2) is 4.98 Å². The van der Waals surface area contributed by atoms with Crippen molar-refractivity contribution in [2.75, 3.05) is 0 Å². The molecule has 126 valence electrons. The zero-order valence-electron chi connectivity index (χ0n) is 13.5. The quantitative estimate of drug-likeness (QED) is 0.752. The number of carbonyl (C=O) groups excluding carboxylic acids is 1. The molecule has 0 spiro atoms. The molecule has 1 heterocycles. The fourth-order valence-electron chi connectivity index (χ4n) is 2.41. The Kier molecular flexibility index (Phi) is 4.95. The Labute approximate surface area is 149 Å². The summed E-state index contributed by atoms with van der Waals surface area (Å²) in [4.78, 5) is 31.4. The number of amides is 1. The summed E-state index contributed by atoms with van der Waals surface area (Å²) in [6.07, 6.45) is 1.30. The first kappa shape index (κ1) is 16.9. The molecule has 0 radical (unpaired) electrons. The summed E-state index contributed by atoms with van der Waals surface area (Å²) in [7, 11) is 0. The van der Waals surface area contributed by atoms with Gasteiger partial charge in [0.1, 0.15) is 11.4 Å². The Morgan fingerprint density at radius 2 is 1.80 bits per heavy atom. The molecule has 0 saturated carbocycles. The van der Waals surface area contributed by atoms with Gasteiger partial charge in [0.15, 0.2) is 0 Å². The number of rotatable bonds is 4. The third-order valence-electron chi connectivity index (χ3n) is 3.81. The van der Waals surface area contributed by atoms with Crippen LogP contribution in [0.1, 0.15) is 28.9 Å². The molecule has 2 N–H and O–H groups in total. The van der Waals surface area contributed by atoms with Gasteiger partial charge in [0, 0.05) is 16.8 Å². The van der Waals surface area contributed by atoms with Crippen LogP contribution in [0.4, 0.5) is 0 Å². The highest BCUT2D eigenvalue weighted by Gasteiger charge is 2.15. The van der Waals surface area contributed by atoms with Gasteiger partial charge in [-0.2, -0.15) is 0 Å². The Balaban J connectivity index is 1.78. The van der Waals surface area contributed by atoms with Crippen molar-refractivity contribution in [3.63, 3.8) is 0 Å². The van der Waals surface area contributed by atoms with Gasteiger partial charge in [0.05, 0.1) is 6.04 Å². The molecule has 0 aliphatic rings. The maximum absolute atomic E-state index is 12.4. The number of hydrogen-bond donors (Lipinski definition) is 2. The summed E-state index contributed by atoms with van der Waals surface area (Å²) in [5.74, 6) is -0.0521. The molecule has 1 amide bonds. The van der Waals surface area contributed by atoms with E-state index >= 15 is 0 Å². The number of aromatic nitrogens is 2. The Morgan fingerprint density at radius 1 is 1.12 bits per heavy atom. The molecular formula is C19H16ClN3O2. The van der Waals surface area contributed by atoms with E-state index in [-0.39, 0.29) is 11.6 Å². The summed E-state index contributed by atoms with van der Waals surface area (Å²) in [6, 6.07) is 16.1. The number of carbonyl (C=O) groups is 1. The van der Waals surface area contributed by atoms with Crippen LogP contribution in [0, 0.1) is 0 Å². The maximum Gasteiger partial charge on any atom is 0.264 e. The second kappa shape index (κ2) is 7.32. The van der Waals surface area contributed by atoms with Crippen LogP contribution in [0.2, 0.25) is 5.02 Å². The lowest BCUT2D eigenvalue weighted by Gasteiger charge is -2.14. The number of benzene rings is 2. The highest BCUT2D eigenvalue weighted by Crippen LogP contribution is 2.16. The molecule has 1 aromatic heterocycles. The van der Waals surface area contributed by atoms with Crippen molar-refractivity contribution >= 4 is 17.5 Å². The molecule has 5 nitrogen and oxygen atoms in total. The minimum atomic E-state index is -0.477. The second-order valence-electron chi connectivity index (χ2n) is 5.59. The molecule has 1 atom stereocenters. The van der Waals surface area contributed by atoms with E-state index in [1.54, 1.807) is 12.1 Å². The minimum absolute atomic E-state index is 0.0273. The predicted octanol–water partition coefficient (Wildman–Crippen LogP) is 3.58. The SMILES string of the molecule is C[C@H](NC(=O)c1cnc(-c2ccccc2)[nH]c1=O)c1ccc(Cl)cc1. The monoisotopic (exact) mass is 353 g/mol. The van der Waals surface area contributed by atoms with Crippen molar-refractivity contribution in [2.24, 2.45) is 0 Å². The van der Waals surface area contributed by atoms with Gasteiger partial charge >= 0.3 is 0 Å². The van der Waals surface area contributed by atoms with Gasteiger partial charge in [0.25, 0.3) is 11.5 Å². The van der Waals surface area contributed by atoms with E-state index < -0.39 is 11.5 Å². The number of H-pyrrole nitrogens is 1. The molecule has 0 aliphatic heterocycles. The summed E-state index contributed by atoms with van der Waals surface area (Å²) in [5, 5.41) is 3.41. The summed E-state index contributed by atoms with van der Waals surface area (Å²) in [6.45, 7) is 1.83. The normalized spacial score (nSPS) is 11.8. The fraction of sp³-hybridized carbons (Fsp3) is 0.105. The molecule has 6 heteroatoms. The van der Waals surface area contributed by atoms with Crippen molar-refractivity contribution in [3.05, 3.63) is 87.3 Å². The lowest BCUT2D eigenvalue weighted by atomic mass is 10.1. The Bertz CT molecular complexity index is 937. The van der Waals surface area contributed by atoms with E-state index in [1.807, 2.05) is 49.4 Å². The number of nitrogens with one attached hydrogen (secondary N) is 2. The zero-order chi connectivity index (χ0) is 17.8. The van der Waals surface area contributed by atoms with Crippen LogP contribution in [-0.4, -0.2) is 15.9 Å². The fourth-order valence-corrected chi connectivity index (χ4v) is 2.53. The maximum atomic E-state index is 12.4. The molecule has 0 fully saturated rings. The van der Waals surface area contributed by atoms with E-state index in [2.05, 4.69) is 15.3 Å². The van der Waals surface area contributed by atoms with Gasteiger partial charge in [-0.15, -0.1) is 0 Å². The topological polar surface area (TPSA) is 74.8 Å². The van der Waals surface area contributed by atoms with E-state index in [1.165, 1.54) is 6.20 Å². The van der Waals surface area contributed by atoms with Crippen LogP contribution in [0.25, 0.3) is 11.4 Å².